The molecule has 0 aliphatic carbocycles. The van der Waals surface area contributed by atoms with E-state index in [0.29, 0.717) is 19.5 Å². The van der Waals surface area contributed by atoms with Crippen molar-refractivity contribution in [2.45, 2.75) is 19.3 Å². The second-order valence-electron chi connectivity index (χ2n) is 4.66. The molecular weight excluding hydrogens is 285 g/mol. The minimum Gasteiger partial charge on any atom is -0.426 e. The fourth-order valence-corrected chi connectivity index (χ4v) is 1.84. The van der Waals surface area contributed by atoms with Crippen LogP contribution < -0.4 is 4.74 Å². The second-order valence-corrected chi connectivity index (χ2v) is 4.66. The SMILES string of the molecule is C=CCN(CC=C)C(=O)CCCC(=O)Oc1cccc(F)c1. The van der Waals surface area contributed by atoms with Crippen molar-refractivity contribution in [2.24, 2.45) is 0 Å². The van der Waals surface area contributed by atoms with Crippen LogP contribution in [0, 0.1) is 5.82 Å². The number of hydrogen-bond acceptors (Lipinski definition) is 3. The summed E-state index contributed by atoms with van der Waals surface area (Å²) >= 11 is 0. The summed E-state index contributed by atoms with van der Waals surface area (Å²) in [5.74, 6) is -0.864. The molecule has 1 rings (SSSR count). The minimum absolute atomic E-state index is 0.0710. The molecule has 0 saturated heterocycles. The van der Waals surface area contributed by atoms with Gasteiger partial charge in [0.05, 0.1) is 0 Å². The van der Waals surface area contributed by atoms with Crippen LogP contribution in [0.4, 0.5) is 4.39 Å². The van der Waals surface area contributed by atoms with Crippen LogP contribution in [-0.4, -0.2) is 29.9 Å². The van der Waals surface area contributed by atoms with E-state index in [9.17, 15) is 14.0 Å². The lowest BCUT2D eigenvalue weighted by Gasteiger charge is -2.18. The largest absolute Gasteiger partial charge is 0.426 e. The Kier molecular flexibility index (Phi) is 7.61. The summed E-state index contributed by atoms with van der Waals surface area (Å²) in [6.07, 6.45) is 3.98. The molecule has 1 aromatic rings. The molecule has 0 atom stereocenters. The van der Waals surface area contributed by atoms with Crippen molar-refractivity contribution in [3.8, 4) is 5.75 Å². The molecule has 0 aromatic heterocycles. The first-order chi connectivity index (χ1) is 10.6. The number of amides is 1. The van der Waals surface area contributed by atoms with Crippen LogP contribution in [0.5, 0.6) is 5.75 Å². The summed E-state index contributed by atoms with van der Waals surface area (Å²) in [6, 6.07) is 5.37. The number of hydrogen-bond donors (Lipinski definition) is 0. The normalized spacial score (nSPS) is 9.86. The van der Waals surface area contributed by atoms with Crippen molar-refractivity contribution in [2.75, 3.05) is 13.1 Å². The highest BCUT2D eigenvalue weighted by molar-refractivity contribution is 5.78. The number of halogens is 1. The summed E-state index contributed by atoms with van der Waals surface area (Å²) in [5.41, 5.74) is 0. The van der Waals surface area contributed by atoms with Crippen molar-refractivity contribution in [1.82, 2.24) is 4.90 Å². The van der Waals surface area contributed by atoms with Crippen LogP contribution in [0.1, 0.15) is 19.3 Å². The van der Waals surface area contributed by atoms with Crippen molar-refractivity contribution >= 4 is 11.9 Å². The molecule has 5 heteroatoms. The molecule has 1 aromatic carbocycles. The van der Waals surface area contributed by atoms with E-state index in [4.69, 9.17) is 4.74 Å². The van der Waals surface area contributed by atoms with Gasteiger partial charge in [0.1, 0.15) is 11.6 Å². The number of rotatable bonds is 9. The van der Waals surface area contributed by atoms with Crippen LogP contribution >= 0.6 is 0 Å². The molecule has 1 amide bonds. The van der Waals surface area contributed by atoms with E-state index in [1.165, 1.54) is 18.2 Å². The lowest BCUT2D eigenvalue weighted by molar-refractivity contribution is -0.134. The lowest BCUT2D eigenvalue weighted by Crippen LogP contribution is -2.31. The van der Waals surface area contributed by atoms with Crippen LogP contribution in [0.3, 0.4) is 0 Å². The molecule has 0 aliphatic heterocycles. The summed E-state index contributed by atoms with van der Waals surface area (Å²) < 4.78 is 17.9. The van der Waals surface area contributed by atoms with E-state index in [-0.39, 0.29) is 24.5 Å². The molecule has 0 aliphatic rings. The minimum atomic E-state index is -0.489. The first-order valence-electron chi connectivity index (χ1n) is 7.02. The van der Waals surface area contributed by atoms with Gasteiger partial charge in [-0.3, -0.25) is 9.59 Å². The van der Waals surface area contributed by atoms with Gasteiger partial charge in [-0.2, -0.15) is 0 Å². The molecule has 0 bridgehead atoms. The van der Waals surface area contributed by atoms with Crippen LogP contribution in [0.2, 0.25) is 0 Å². The Hall–Kier alpha value is -2.43. The van der Waals surface area contributed by atoms with E-state index in [0.717, 1.165) is 6.07 Å². The third-order valence-corrected chi connectivity index (χ3v) is 2.85. The first kappa shape index (κ1) is 17.6. The highest BCUT2D eigenvalue weighted by Crippen LogP contribution is 2.13. The number of ether oxygens (including phenoxy) is 1. The van der Waals surface area contributed by atoms with Crippen LogP contribution in [-0.2, 0) is 9.59 Å². The molecule has 4 nitrogen and oxygen atoms in total. The average Bonchev–Trinajstić information content (AvgIpc) is 2.47. The van der Waals surface area contributed by atoms with Gasteiger partial charge in [-0.25, -0.2) is 4.39 Å². The van der Waals surface area contributed by atoms with Gasteiger partial charge in [0.2, 0.25) is 5.91 Å². The number of carbonyl (C=O) groups is 2. The van der Waals surface area contributed by atoms with Gasteiger partial charge >= 0.3 is 5.97 Å². The average molecular weight is 305 g/mol. The quantitative estimate of drug-likeness (QED) is 0.400. The molecular formula is C17H20FNO3. The number of carbonyl (C=O) groups excluding carboxylic acids is 2. The molecule has 0 N–H and O–H groups in total. The van der Waals surface area contributed by atoms with Crippen molar-refractivity contribution < 1.29 is 18.7 Å². The molecule has 0 heterocycles. The maximum atomic E-state index is 13.0. The summed E-state index contributed by atoms with van der Waals surface area (Å²) in [7, 11) is 0. The van der Waals surface area contributed by atoms with E-state index in [1.54, 1.807) is 17.1 Å². The highest BCUT2D eigenvalue weighted by atomic mass is 19.1. The van der Waals surface area contributed by atoms with Gasteiger partial charge in [-0.15, -0.1) is 13.2 Å². The Morgan fingerprint density at radius 3 is 2.45 bits per heavy atom. The van der Waals surface area contributed by atoms with Gasteiger partial charge in [-0.05, 0) is 18.6 Å². The Morgan fingerprint density at radius 2 is 1.86 bits per heavy atom. The van der Waals surface area contributed by atoms with Gasteiger partial charge in [-0.1, -0.05) is 18.2 Å². The molecule has 0 saturated carbocycles. The second kappa shape index (κ2) is 9.50. The van der Waals surface area contributed by atoms with E-state index in [2.05, 4.69) is 13.2 Å². The number of benzene rings is 1. The van der Waals surface area contributed by atoms with Crippen molar-refractivity contribution in [3.05, 3.63) is 55.4 Å². The van der Waals surface area contributed by atoms with Crippen LogP contribution in [0.15, 0.2) is 49.6 Å². The fourth-order valence-electron chi connectivity index (χ4n) is 1.84. The zero-order valence-electron chi connectivity index (χ0n) is 12.5. The Balaban J connectivity index is 2.36. The zero-order valence-corrected chi connectivity index (χ0v) is 12.5. The van der Waals surface area contributed by atoms with Gasteiger partial charge in [0, 0.05) is 32.0 Å². The Labute approximate surface area is 129 Å². The molecule has 0 unspecified atom stereocenters. The van der Waals surface area contributed by atoms with E-state index < -0.39 is 11.8 Å². The highest BCUT2D eigenvalue weighted by Gasteiger charge is 2.12. The Bertz CT molecular complexity index is 532. The summed E-state index contributed by atoms with van der Waals surface area (Å²) in [5, 5.41) is 0. The Morgan fingerprint density at radius 1 is 1.18 bits per heavy atom. The third kappa shape index (κ3) is 6.35. The maximum absolute atomic E-state index is 13.0. The molecule has 0 spiro atoms. The summed E-state index contributed by atoms with van der Waals surface area (Å²) in [6.45, 7) is 8.08. The van der Waals surface area contributed by atoms with Gasteiger partial charge < -0.3 is 9.64 Å². The molecule has 118 valence electrons. The predicted octanol–water partition coefficient (Wildman–Crippen LogP) is 3.10. The number of esters is 1. The molecule has 0 fully saturated rings. The zero-order chi connectivity index (χ0) is 16.4. The summed E-state index contributed by atoms with van der Waals surface area (Å²) in [4.78, 5) is 25.2. The topological polar surface area (TPSA) is 46.6 Å². The predicted molar refractivity (Wildman–Crippen MR) is 82.9 cm³/mol. The van der Waals surface area contributed by atoms with Gasteiger partial charge in [0.25, 0.3) is 0 Å². The fraction of sp³-hybridized carbons (Fsp3) is 0.294. The third-order valence-electron chi connectivity index (χ3n) is 2.85. The number of nitrogens with zero attached hydrogens (tertiary/aromatic N) is 1. The van der Waals surface area contributed by atoms with E-state index >= 15 is 0 Å². The lowest BCUT2D eigenvalue weighted by atomic mass is 10.2. The standard InChI is InChI=1S/C17H20FNO3/c1-3-11-19(12-4-2)16(20)9-6-10-17(21)22-15-8-5-7-14(18)13-15/h3-5,7-8,13H,1-2,6,9-12H2. The molecule has 22 heavy (non-hydrogen) atoms. The van der Waals surface area contributed by atoms with Crippen molar-refractivity contribution in [3.63, 3.8) is 0 Å². The smallest absolute Gasteiger partial charge is 0.311 e. The van der Waals surface area contributed by atoms with Crippen LogP contribution in [0.25, 0.3) is 0 Å². The van der Waals surface area contributed by atoms with E-state index in [1.807, 2.05) is 0 Å². The maximum Gasteiger partial charge on any atom is 0.311 e. The monoisotopic (exact) mass is 305 g/mol. The molecule has 0 radical (unpaired) electrons. The van der Waals surface area contributed by atoms with Crippen molar-refractivity contribution in [1.29, 1.82) is 0 Å². The van der Waals surface area contributed by atoms with Gasteiger partial charge in [0.15, 0.2) is 0 Å². The first-order valence-corrected chi connectivity index (χ1v) is 7.02.